The molecule has 2 aromatic carbocycles. The first-order valence-electron chi connectivity index (χ1n) is 8.96. The quantitative estimate of drug-likeness (QED) is 0.504. The van der Waals surface area contributed by atoms with Gasteiger partial charge in [0.25, 0.3) is 0 Å². The summed E-state index contributed by atoms with van der Waals surface area (Å²) in [6, 6.07) is 11.4. The normalized spacial score (nSPS) is 12.0. The molecular weight excluding hydrogens is 361 g/mol. The first-order valence-corrected chi connectivity index (χ1v) is 8.96. The number of nitrogens with one attached hydrogen (secondary N) is 3. The van der Waals surface area contributed by atoms with Crippen LogP contribution in [0.15, 0.2) is 48.7 Å². The average molecular weight is 383 g/mol. The Morgan fingerprint density at radius 1 is 1.18 bits per heavy atom. The second-order valence-corrected chi connectivity index (χ2v) is 6.62. The van der Waals surface area contributed by atoms with Crippen LogP contribution in [-0.2, 0) is 29.2 Å². The van der Waals surface area contributed by atoms with E-state index in [0.29, 0.717) is 12.0 Å². The largest absolute Gasteiger partial charge is 0.392 e. The molecule has 1 atom stereocenters. The zero-order chi connectivity index (χ0) is 20.1. The van der Waals surface area contributed by atoms with Crippen molar-refractivity contribution >= 4 is 22.7 Å². The van der Waals surface area contributed by atoms with Gasteiger partial charge in [0.2, 0.25) is 11.8 Å². The van der Waals surface area contributed by atoms with E-state index in [1.807, 2.05) is 30.5 Å². The minimum Gasteiger partial charge on any atom is -0.392 e. The number of hydrogen-bond acceptors (Lipinski definition) is 3. The van der Waals surface area contributed by atoms with Crippen LogP contribution in [0.1, 0.15) is 23.6 Å². The molecule has 2 amide bonds. The smallest absolute Gasteiger partial charge is 0.243 e. The number of fused-ring (bicyclic) bond motifs is 1. The molecule has 28 heavy (non-hydrogen) atoms. The predicted molar refractivity (Wildman–Crippen MR) is 104 cm³/mol. The van der Waals surface area contributed by atoms with Crippen molar-refractivity contribution in [3.05, 3.63) is 71.2 Å². The molecule has 3 rings (SSSR count). The Kier molecular flexibility index (Phi) is 6.06. The molecule has 0 spiro atoms. The fourth-order valence-corrected chi connectivity index (χ4v) is 3.12. The number of hydrogen-bond donors (Lipinski definition) is 4. The van der Waals surface area contributed by atoms with Gasteiger partial charge in [0.15, 0.2) is 0 Å². The molecule has 146 valence electrons. The van der Waals surface area contributed by atoms with Gasteiger partial charge in [-0.15, -0.1) is 0 Å². The second-order valence-electron chi connectivity index (χ2n) is 6.62. The van der Waals surface area contributed by atoms with Crippen molar-refractivity contribution in [2.45, 2.75) is 32.5 Å². The average Bonchev–Trinajstić information content (AvgIpc) is 3.08. The highest BCUT2D eigenvalue weighted by Crippen LogP contribution is 2.19. The predicted octanol–water partition coefficient (Wildman–Crippen LogP) is 2.16. The van der Waals surface area contributed by atoms with Crippen molar-refractivity contribution in [3.8, 4) is 0 Å². The van der Waals surface area contributed by atoms with Crippen LogP contribution >= 0.6 is 0 Å². The Morgan fingerprint density at radius 3 is 2.68 bits per heavy atom. The van der Waals surface area contributed by atoms with E-state index in [2.05, 4.69) is 15.6 Å². The molecule has 7 heteroatoms. The molecule has 1 heterocycles. The third-order valence-corrected chi connectivity index (χ3v) is 4.55. The van der Waals surface area contributed by atoms with Gasteiger partial charge in [-0.05, 0) is 23.3 Å². The van der Waals surface area contributed by atoms with Gasteiger partial charge < -0.3 is 20.7 Å². The van der Waals surface area contributed by atoms with Crippen LogP contribution in [0.5, 0.6) is 0 Å². The number of aromatic amines is 1. The molecule has 0 unspecified atom stereocenters. The maximum absolute atomic E-state index is 13.8. The van der Waals surface area contributed by atoms with Crippen LogP contribution in [0.25, 0.3) is 10.9 Å². The Balaban J connectivity index is 1.71. The first kappa shape index (κ1) is 19.6. The molecule has 0 bridgehead atoms. The number of amides is 2. The minimum absolute atomic E-state index is 0.116. The maximum atomic E-state index is 13.8. The van der Waals surface area contributed by atoms with Crippen LogP contribution < -0.4 is 10.6 Å². The summed E-state index contributed by atoms with van der Waals surface area (Å²) in [7, 11) is 0. The van der Waals surface area contributed by atoms with Crippen molar-refractivity contribution in [1.82, 2.24) is 15.6 Å². The van der Waals surface area contributed by atoms with Crippen LogP contribution in [0.3, 0.4) is 0 Å². The molecular formula is C21H22FN3O3. The maximum Gasteiger partial charge on any atom is 0.243 e. The number of halogens is 1. The molecule has 0 aliphatic heterocycles. The number of carbonyl (C=O) groups excluding carboxylic acids is 2. The minimum atomic E-state index is -0.752. The van der Waals surface area contributed by atoms with Crippen molar-refractivity contribution in [2.24, 2.45) is 0 Å². The van der Waals surface area contributed by atoms with Gasteiger partial charge in [-0.1, -0.05) is 30.3 Å². The highest BCUT2D eigenvalue weighted by molar-refractivity contribution is 5.89. The van der Waals surface area contributed by atoms with Gasteiger partial charge in [-0.25, -0.2) is 4.39 Å². The van der Waals surface area contributed by atoms with E-state index in [1.54, 1.807) is 6.07 Å². The van der Waals surface area contributed by atoms with Crippen molar-refractivity contribution < 1.29 is 19.1 Å². The van der Waals surface area contributed by atoms with Crippen molar-refractivity contribution in [1.29, 1.82) is 0 Å². The molecule has 0 aliphatic rings. The summed E-state index contributed by atoms with van der Waals surface area (Å²) in [5.74, 6) is -1.18. The highest BCUT2D eigenvalue weighted by atomic mass is 19.1. The van der Waals surface area contributed by atoms with E-state index in [9.17, 15) is 14.0 Å². The van der Waals surface area contributed by atoms with Crippen LogP contribution in [0.2, 0.25) is 0 Å². The summed E-state index contributed by atoms with van der Waals surface area (Å²) >= 11 is 0. The molecule has 6 nitrogen and oxygen atoms in total. The molecule has 0 fully saturated rings. The van der Waals surface area contributed by atoms with Crippen LogP contribution in [0, 0.1) is 5.82 Å². The van der Waals surface area contributed by atoms with E-state index in [4.69, 9.17) is 5.11 Å². The first-order chi connectivity index (χ1) is 13.5. The van der Waals surface area contributed by atoms with E-state index >= 15 is 0 Å². The topological polar surface area (TPSA) is 94.2 Å². The van der Waals surface area contributed by atoms with E-state index in [1.165, 1.54) is 19.1 Å². The highest BCUT2D eigenvalue weighted by Gasteiger charge is 2.21. The fourth-order valence-electron chi connectivity index (χ4n) is 3.12. The fraction of sp³-hybridized carbons (Fsp3) is 0.238. The standard InChI is InChI=1S/C21H22FN3O3/c1-13(27)25-20(9-16-11-23-19-5-3-2-4-17(16)19)21(28)24-10-14-6-7-15(12-26)18(22)8-14/h2-8,11,20,23,26H,9-10,12H2,1H3,(H,24,28)(H,25,27)/t20-/m0/s1. The lowest BCUT2D eigenvalue weighted by Crippen LogP contribution is -2.47. The Hall–Kier alpha value is -3.19. The number of aliphatic hydroxyl groups is 1. The van der Waals surface area contributed by atoms with Crippen molar-refractivity contribution in [2.75, 3.05) is 0 Å². The molecule has 0 aliphatic carbocycles. The van der Waals surface area contributed by atoms with E-state index in [0.717, 1.165) is 16.5 Å². The summed E-state index contributed by atoms with van der Waals surface area (Å²) < 4.78 is 13.8. The SMILES string of the molecule is CC(=O)N[C@@H](Cc1c[nH]c2ccccc12)C(=O)NCc1ccc(CO)c(F)c1. The van der Waals surface area contributed by atoms with Crippen LogP contribution in [0.4, 0.5) is 4.39 Å². The molecule has 0 radical (unpaired) electrons. The summed E-state index contributed by atoms with van der Waals surface area (Å²) in [5, 5.41) is 15.4. The van der Waals surface area contributed by atoms with E-state index < -0.39 is 11.9 Å². The Labute approximate surface area is 161 Å². The van der Waals surface area contributed by atoms with Gasteiger partial charge in [0, 0.05) is 42.6 Å². The summed E-state index contributed by atoms with van der Waals surface area (Å²) in [6.07, 6.45) is 2.16. The van der Waals surface area contributed by atoms with E-state index in [-0.39, 0.29) is 30.5 Å². The van der Waals surface area contributed by atoms with Crippen LogP contribution in [-0.4, -0.2) is 27.9 Å². The number of H-pyrrole nitrogens is 1. The van der Waals surface area contributed by atoms with Gasteiger partial charge in [-0.3, -0.25) is 9.59 Å². The number of aliphatic hydroxyl groups excluding tert-OH is 1. The lowest BCUT2D eigenvalue weighted by Gasteiger charge is -2.17. The number of benzene rings is 2. The molecule has 0 saturated carbocycles. The number of aromatic nitrogens is 1. The third-order valence-electron chi connectivity index (χ3n) is 4.55. The summed E-state index contributed by atoms with van der Waals surface area (Å²) in [4.78, 5) is 27.4. The monoisotopic (exact) mass is 383 g/mol. The number of carbonyl (C=O) groups is 2. The van der Waals surface area contributed by atoms with Crippen molar-refractivity contribution in [3.63, 3.8) is 0 Å². The van der Waals surface area contributed by atoms with Gasteiger partial charge in [0.05, 0.1) is 6.61 Å². The van der Waals surface area contributed by atoms with Gasteiger partial charge >= 0.3 is 0 Å². The lowest BCUT2D eigenvalue weighted by molar-refractivity contribution is -0.128. The molecule has 3 aromatic rings. The Bertz CT molecular complexity index is 999. The van der Waals surface area contributed by atoms with Gasteiger partial charge in [-0.2, -0.15) is 0 Å². The zero-order valence-corrected chi connectivity index (χ0v) is 15.5. The lowest BCUT2D eigenvalue weighted by atomic mass is 10.0. The summed E-state index contributed by atoms with van der Waals surface area (Å²) in [6.45, 7) is 1.09. The molecule has 4 N–H and O–H groups in total. The zero-order valence-electron chi connectivity index (χ0n) is 15.5. The molecule has 1 aromatic heterocycles. The third kappa shape index (κ3) is 4.55. The Morgan fingerprint density at radius 2 is 1.96 bits per heavy atom. The number of rotatable bonds is 7. The van der Waals surface area contributed by atoms with Gasteiger partial charge in [0.1, 0.15) is 11.9 Å². The number of para-hydroxylation sites is 1. The molecule has 0 saturated heterocycles. The second kappa shape index (κ2) is 8.67. The summed E-state index contributed by atoms with van der Waals surface area (Å²) in [5.41, 5.74) is 2.64.